The zero-order chi connectivity index (χ0) is 16.2. The lowest BCUT2D eigenvalue weighted by molar-refractivity contribution is -0.132. The number of ether oxygens (including phenoxy) is 1. The van der Waals surface area contributed by atoms with Gasteiger partial charge in [0.1, 0.15) is 5.75 Å². The minimum atomic E-state index is -0.116. The van der Waals surface area contributed by atoms with Crippen LogP contribution in [0.5, 0.6) is 5.75 Å². The summed E-state index contributed by atoms with van der Waals surface area (Å²) < 4.78 is 5.62. The second kappa shape index (κ2) is 6.65. The Morgan fingerprint density at radius 3 is 2.52 bits per heavy atom. The van der Waals surface area contributed by atoms with E-state index in [0.29, 0.717) is 6.54 Å². The fourth-order valence-electron chi connectivity index (χ4n) is 2.71. The van der Waals surface area contributed by atoms with Gasteiger partial charge in [-0.2, -0.15) is 5.10 Å². The van der Waals surface area contributed by atoms with E-state index in [-0.39, 0.29) is 12.5 Å². The van der Waals surface area contributed by atoms with Crippen LogP contribution in [0.1, 0.15) is 23.1 Å². The van der Waals surface area contributed by atoms with Gasteiger partial charge in [0.2, 0.25) is 0 Å². The molecule has 0 saturated heterocycles. The first-order valence-electron chi connectivity index (χ1n) is 7.76. The van der Waals surface area contributed by atoms with Crippen molar-refractivity contribution in [1.82, 2.24) is 5.01 Å². The molecule has 4 nitrogen and oxygen atoms in total. The highest BCUT2D eigenvalue weighted by atomic mass is 16.5. The minimum Gasteiger partial charge on any atom is -0.484 e. The Hall–Kier alpha value is -2.62. The summed E-state index contributed by atoms with van der Waals surface area (Å²) in [7, 11) is 0. The van der Waals surface area contributed by atoms with Crippen molar-refractivity contribution in [3.63, 3.8) is 0 Å². The molecule has 0 N–H and O–H groups in total. The molecule has 1 aliphatic heterocycles. The van der Waals surface area contributed by atoms with Crippen LogP contribution in [0.4, 0.5) is 0 Å². The number of carbonyl (C=O) groups is 1. The summed E-state index contributed by atoms with van der Waals surface area (Å²) >= 11 is 0. The smallest absolute Gasteiger partial charge is 0.280 e. The van der Waals surface area contributed by atoms with Crippen molar-refractivity contribution in [2.45, 2.75) is 20.3 Å². The quantitative estimate of drug-likeness (QED) is 0.869. The van der Waals surface area contributed by atoms with Crippen LogP contribution in [0, 0.1) is 13.8 Å². The molecule has 0 aromatic heterocycles. The predicted molar refractivity (Wildman–Crippen MR) is 90.7 cm³/mol. The Labute approximate surface area is 136 Å². The molecule has 0 unspecified atom stereocenters. The van der Waals surface area contributed by atoms with Crippen molar-refractivity contribution in [3.05, 3.63) is 65.2 Å². The highest BCUT2D eigenvalue weighted by Crippen LogP contribution is 2.17. The van der Waals surface area contributed by atoms with E-state index in [2.05, 4.69) is 11.2 Å². The predicted octanol–water partition coefficient (Wildman–Crippen LogP) is 3.32. The Morgan fingerprint density at radius 1 is 1.13 bits per heavy atom. The van der Waals surface area contributed by atoms with Gasteiger partial charge in [0.05, 0.1) is 12.3 Å². The number of aryl methyl sites for hydroxylation is 2. The van der Waals surface area contributed by atoms with Gasteiger partial charge in [-0.1, -0.05) is 36.4 Å². The van der Waals surface area contributed by atoms with Gasteiger partial charge in [-0.15, -0.1) is 0 Å². The molecule has 1 amide bonds. The molecular formula is C19H20N2O2. The normalized spacial score (nSPS) is 13.8. The fourth-order valence-corrected chi connectivity index (χ4v) is 2.71. The van der Waals surface area contributed by atoms with Crippen molar-refractivity contribution in [3.8, 4) is 5.75 Å². The molecule has 0 spiro atoms. The first-order chi connectivity index (χ1) is 11.1. The monoisotopic (exact) mass is 308 g/mol. The van der Waals surface area contributed by atoms with E-state index in [1.807, 2.05) is 56.3 Å². The number of benzene rings is 2. The lowest BCUT2D eigenvalue weighted by Crippen LogP contribution is -2.28. The summed E-state index contributed by atoms with van der Waals surface area (Å²) in [5.41, 5.74) is 4.26. The summed E-state index contributed by atoms with van der Waals surface area (Å²) in [6.07, 6.45) is 0.777. The van der Waals surface area contributed by atoms with E-state index in [9.17, 15) is 4.79 Å². The van der Waals surface area contributed by atoms with Crippen molar-refractivity contribution in [1.29, 1.82) is 0 Å². The van der Waals surface area contributed by atoms with E-state index >= 15 is 0 Å². The molecule has 2 aromatic carbocycles. The number of hydrogen-bond donors (Lipinski definition) is 0. The topological polar surface area (TPSA) is 41.9 Å². The standard InChI is InChI=1S/C19H20N2O2/c1-14-10-15(2)12-17(11-14)23-13-19(22)21-9-8-18(20-21)16-6-4-3-5-7-16/h3-7,10-12H,8-9,13H2,1-2H3. The second-order valence-electron chi connectivity index (χ2n) is 5.79. The number of nitrogens with zero attached hydrogens (tertiary/aromatic N) is 2. The fraction of sp³-hybridized carbons (Fsp3) is 0.263. The zero-order valence-corrected chi connectivity index (χ0v) is 13.5. The molecule has 0 radical (unpaired) electrons. The van der Waals surface area contributed by atoms with E-state index in [0.717, 1.165) is 34.6 Å². The molecule has 4 heteroatoms. The molecule has 3 rings (SSSR count). The molecule has 0 saturated carbocycles. The molecule has 1 aliphatic rings. The summed E-state index contributed by atoms with van der Waals surface area (Å²) in [5.74, 6) is 0.609. The van der Waals surface area contributed by atoms with Crippen LogP contribution >= 0.6 is 0 Å². The molecule has 0 fully saturated rings. The van der Waals surface area contributed by atoms with Gasteiger partial charge < -0.3 is 4.74 Å². The van der Waals surface area contributed by atoms with E-state index < -0.39 is 0 Å². The van der Waals surface area contributed by atoms with Gasteiger partial charge in [0, 0.05) is 6.42 Å². The summed E-state index contributed by atoms with van der Waals surface area (Å²) in [4.78, 5) is 12.3. The number of hydrogen-bond acceptors (Lipinski definition) is 3. The summed E-state index contributed by atoms with van der Waals surface area (Å²) in [6, 6.07) is 15.9. The van der Waals surface area contributed by atoms with E-state index in [4.69, 9.17) is 4.74 Å². The maximum Gasteiger partial charge on any atom is 0.280 e. The molecule has 1 heterocycles. The highest BCUT2D eigenvalue weighted by Gasteiger charge is 2.21. The SMILES string of the molecule is Cc1cc(C)cc(OCC(=O)N2CCC(c3ccccc3)=N2)c1. The van der Waals surface area contributed by atoms with Crippen LogP contribution in [-0.2, 0) is 4.79 Å². The van der Waals surface area contributed by atoms with Crippen molar-refractivity contribution < 1.29 is 9.53 Å². The van der Waals surface area contributed by atoms with Crippen molar-refractivity contribution >= 4 is 11.6 Å². The van der Waals surface area contributed by atoms with Crippen molar-refractivity contribution in [2.75, 3.05) is 13.2 Å². The molecule has 0 bridgehead atoms. The lowest BCUT2D eigenvalue weighted by Gasteiger charge is -2.13. The van der Waals surface area contributed by atoms with Crippen LogP contribution in [0.25, 0.3) is 0 Å². The van der Waals surface area contributed by atoms with Crippen LogP contribution in [0.15, 0.2) is 53.6 Å². The van der Waals surface area contributed by atoms with Crippen LogP contribution in [0.3, 0.4) is 0 Å². The Bertz CT molecular complexity index is 718. The minimum absolute atomic E-state index is 0.00840. The summed E-state index contributed by atoms with van der Waals surface area (Å²) in [5, 5.41) is 5.93. The van der Waals surface area contributed by atoms with E-state index in [1.54, 1.807) is 0 Å². The molecule has 23 heavy (non-hydrogen) atoms. The first kappa shape index (κ1) is 15.3. The number of hydrazone groups is 1. The summed E-state index contributed by atoms with van der Waals surface area (Å²) in [6.45, 7) is 4.64. The van der Waals surface area contributed by atoms with Crippen LogP contribution in [-0.4, -0.2) is 29.8 Å². The van der Waals surface area contributed by atoms with Gasteiger partial charge >= 0.3 is 0 Å². The molecule has 0 atom stereocenters. The average Bonchev–Trinajstić information content (AvgIpc) is 3.03. The third kappa shape index (κ3) is 3.77. The Balaban J connectivity index is 1.62. The molecule has 2 aromatic rings. The molecule has 0 aliphatic carbocycles. The van der Waals surface area contributed by atoms with Gasteiger partial charge in [-0.3, -0.25) is 4.79 Å². The third-order valence-corrected chi connectivity index (χ3v) is 3.75. The maximum absolute atomic E-state index is 12.3. The van der Waals surface area contributed by atoms with Gasteiger partial charge in [-0.25, -0.2) is 5.01 Å². The highest BCUT2D eigenvalue weighted by molar-refractivity contribution is 6.02. The third-order valence-electron chi connectivity index (χ3n) is 3.75. The zero-order valence-electron chi connectivity index (χ0n) is 13.5. The van der Waals surface area contributed by atoms with Crippen molar-refractivity contribution in [2.24, 2.45) is 5.10 Å². The largest absolute Gasteiger partial charge is 0.484 e. The second-order valence-corrected chi connectivity index (χ2v) is 5.79. The molecule has 118 valence electrons. The number of carbonyl (C=O) groups excluding carboxylic acids is 1. The average molecular weight is 308 g/mol. The lowest BCUT2D eigenvalue weighted by atomic mass is 10.1. The van der Waals surface area contributed by atoms with Gasteiger partial charge in [0.25, 0.3) is 5.91 Å². The maximum atomic E-state index is 12.3. The number of rotatable bonds is 4. The molecular weight excluding hydrogens is 288 g/mol. The van der Waals surface area contributed by atoms with Gasteiger partial charge in [0.15, 0.2) is 6.61 Å². The van der Waals surface area contributed by atoms with Crippen LogP contribution in [0.2, 0.25) is 0 Å². The van der Waals surface area contributed by atoms with Crippen LogP contribution < -0.4 is 4.74 Å². The Kier molecular flexibility index (Phi) is 4.42. The van der Waals surface area contributed by atoms with E-state index in [1.165, 1.54) is 5.01 Å². The first-order valence-corrected chi connectivity index (χ1v) is 7.76. The number of amides is 1. The van der Waals surface area contributed by atoms with Gasteiger partial charge in [-0.05, 0) is 42.7 Å². The Morgan fingerprint density at radius 2 is 1.83 bits per heavy atom.